The summed E-state index contributed by atoms with van der Waals surface area (Å²) in [6.45, 7) is 4.33. The summed E-state index contributed by atoms with van der Waals surface area (Å²) in [4.78, 5) is 18.5. The fourth-order valence-electron chi connectivity index (χ4n) is 4.04. The van der Waals surface area contributed by atoms with E-state index in [2.05, 4.69) is 32.6 Å². The number of benzene rings is 1. The molecule has 0 fully saturated rings. The van der Waals surface area contributed by atoms with Crippen molar-refractivity contribution in [1.29, 1.82) is 0 Å². The van der Waals surface area contributed by atoms with Crippen LogP contribution in [0.2, 0.25) is 0 Å². The Morgan fingerprint density at radius 1 is 0.971 bits per heavy atom. The number of pyridine rings is 2. The van der Waals surface area contributed by atoms with E-state index in [4.69, 9.17) is 20.2 Å². The average molecular weight is 452 g/mol. The zero-order valence-corrected chi connectivity index (χ0v) is 19.1. The van der Waals surface area contributed by atoms with Crippen LogP contribution in [-0.4, -0.2) is 37.7 Å². The van der Waals surface area contributed by atoms with Gasteiger partial charge in [0, 0.05) is 42.1 Å². The number of hydrogen-bond donors (Lipinski definition) is 2. The molecular weight excluding hydrogens is 426 g/mol. The third kappa shape index (κ3) is 4.35. The molecule has 5 rings (SSSR count). The van der Waals surface area contributed by atoms with Gasteiger partial charge in [-0.1, -0.05) is 35.5 Å². The molecule has 0 radical (unpaired) electrons. The Bertz CT molecular complexity index is 1400. The second kappa shape index (κ2) is 9.36. The molecule has 0 aliphatic heterocycles. The highest BCUT2D eigenvalue weighted by Crippen LogP contribution is 2.33. The quantitative estimate of drug-likeness (QED) is 0.375. The van der Waals surface area contributed by atoms with Gasteiger partial charge in [0.25, 0.3) is 0 Å². The monoisotopic (exact) mass is 451 g/mol. The molecule has 0 bridgehead atoms. The van der Waals surface area contributed by atoms with Gasteiger partial charge >= 0.3 is 0 Å². The normalized spacial score (nSPS) is 12.1. The number of nitrogens with two attached hydrogens (primary N) is 1. The number of hydrogen-bond acceptors (Lipinski definition) is 8. The molecule has 0 spiro atoms. The van der Waals surface area contributed by atoms with Crippen molar-refractivity contribution in [2.24, 2.45) is 5.73 Å². The topological polar surface area (TPSA) is 116 Å². The van der Waals surface area contributed by atoms with Crippen LogP contribution < -0.4 is 11.1 Å². The maximum absolute atomic E-state index is 6.45. The third-order valence-corrected chi connectivity index (χ3v) is 5.70. The van der Waals surface area contributed by atoms with Crippen LogP contribution in [0.5, 0.6) is 0 Å². The lowest BCUT2D eigenvalue weighted by Crippen LogP contribution is -2.31. The van der Waals surface area contributed by atoms with Crippen LogP contribution in [0.4, 0.5) is 5.82 Å². The van der Waals surface area contributed by atoms with Crippen molar-refractivity contribution < 1.29 is 4.52 Å². The van der Waals surface area contributed by atoms with Crippen molar-refractivity contribution in [1.82, 2.24) is 25.1 Å². The SMILES string of the molecule is Cc1noc(C)c1-c1nccc2c(NC[C@@H](N)Cc3ccccc3)nc(-c3ccncc3)nc12. The maximum Gasteiger partial charge on any atom is 0.162 e. The molecule has 0 amide bonds. The van der Waals surface area contributed by atoms with Crippen LogP contribution in [0.3, 0.4) is 0 Å². The molecule has 0 aliphatic carbocycles. The molecule has 0 aliphatic rings. The molecule has 1 aromatic carbocycles. The summed E-state index contributed by atoms with van der Waals surface area (Å²) in [7, 11) is 0. The van der Waals surface area contributed by atoms with E-state index in [9.17, 15) is 0 Å². The van der Waals surface area contributed by atoms with Gasteiger partial charge in [0.05, 0.1) is 11.3 Å². The van der Waals surface area contributed by atoms with Crippen molar-refractivity contribution in [3.05, 3.63) is 84.1 Å². The fraction of sp³-hybridized carbons (Fsp3) is 0.192. The highest BCUT2D eigenvalue weighted by molar-refractivity contribution is 5.99. The van der Waals surface area contributed by atoms with Crippen molar-refractivity contribution in [3.63, 3.8) is 0 Å². The molecule has 8 nitrogen and oxygen atoms in total. The largest absolute Gasteiger partial charge is 0.368 e. The first-order chi connectivity index (χ1) is 16.6. The minimum absolute atomic E-state index is 0.0827. The van der Waals surface area contributed by atoms with Crippen LogP contribution in [0.25, 0.3) is 33.5 Å². The standard InChI is InChI=1S/C26H25N7O/c1-16-22(17(2)34-33-16)24-23-21(10-13-29-24)26(32-25(31-23)19-8-11-28-12-9-19)30-15-20(27)14-18-6-4-3-5-7-18/h3-13,20H,14-15,27H2,1-2H3,(H,30,31,32)/t20-/m0/s1. The van der Waals surface area contributed by atoms with Gasteiger partial charge in [0.2, 0.25) is 0 Å². The molecular formula is C26H25N7O. The van der Waals surface area contributed by atoms with Gasteiger partial charge in [0.1, 0.15) is 22.8 Å². The van der Waals surface area contributed by atoms with E-state index in [1.807, 2.05) is 50.2 Å². The highest BCUT2D eigenvalue weighted by Gasteiger charge is 2.20. The zero-order chi connectivity index (χ0) is 23.5. The van der Waals surface area contributed by atoms with E-state index in [1.165, 1.54) is 5.56 Å². The Kier molecular flexibility index (Phi) is 5.97. The number of aryl methyl sites for hydroxylation is 2. The molecule has 170 valence electrons. The lowest BCUT2D eigenvalue weighted by Gasteiger charge is -2.16. The Labute approximate surface area is 197 Å². The van der Waals surface area contributed by atoms with E-state index in [1.54, 1.807) is 18.6 Å². The summed E-state index contributed by atoms with van der Waals surface area (Å²) in [6.07, 6.45) is 5.97. The highest BCUT2D eigenvalue weighted by atomic mass is 16.5. The van der Waals surface area contributed by atoms with Gasteiger partial charge in [-0.05, 0) is 44.0 Å². The number of fused-ring (bicyclic) bond motifs is 1. The minimum Gasteiger partial charge on any atom is -0.368 e. The Balaban J connectivity index is 1.57. The van der Waals surface area contributed by atoms with Gasteiger partial charge in [0.15, 0.2) is 5.82 Å². The first-order valence-corrected chi connectivity index (χ1v) is 11.1. The summed E-state index contributed by atoms with van der Waals surface area (Å²) < 4.78 is 5.41. The molecule has 0 saturated heterocycles. The predicted molar refractivity (Wildman–Crippen MR) is 132 cm³/mol. The smallest absolute Gasteiger partial charge is 0.162 e. The van der Waals surface area contributed by atoms with Gasteiger partial charge < -0.3 is 15.6 Å². The van der Waals surface area contributed by atoms with Crippen LogP contribution >= 0.6 is 0 Å². The van der Waals surface area contributed by atoms with Crippen LogP contribution in [-0.2, 0) is 6.42 Å². The molecule has 34 heavy (non-hydrogen) atoms. The summed E-state index contributed by atoms with van der Waals surface area (Å²) >= 11 is 0. The molecule has 4 aromatic heterocycles. The van der Waals surface area contributed by atoms with Crippen molar-refractivity contribution in [2.45, 2.75) is 26.3 Å². The Morgan fingerprint density at radius 2 is 1.76 bits per heavy atom. The molecule has 1 atom stereocenters. The molecule has 4 heterocycles. The lowest BCUT2D eigenvalue weighted by molar-refractivity contribution is 0.393. The second-order valence-corrected chi connectivity index (χ2v) is 8.22. The zero-order valence-electron chi connectivity index (χ0n) is 19.1. The van der Waals surface area contributed by atoms with E-state index >= 15 is 0 Å². The van der Waals surface area contributed by atoms with E-state index in [0.29, 0.717) is 29.6 Å². The summed E-state index contributed by atoms with van der Waals surface area (Å²) in [6, 6.07) is 15.8. The van der Waals surface area contributed by atoms with E-state index < -0.39 is 0 Å². The lowest BCUT2D eigenvalue weighted by atomic mass is 10.1. The van der Waals surface area contributed by atoms with Crippen molar-refractivity contribution >= 4 is 16.7 Å². The molecule has 0 unspecified atom stereocenters. The van der Waals surface area contributed by atoms with E-state index in [0.717, 1.165) is 34.1 Å². The second-order valence-electron chi connectivity index (χ2n) is 8.22. The fourth-order valence-corrected chi connectivity index (χ4v) is 4.04. The van der Waals surface area contributed by atoms with Crippen LogP contribution in [0, 0.1) is 13.8 Å². The molecule has 0 saturated carbocycles. The number of aromatic nitrogens is 5. The Hall–Kier alpha value is -4.17. The molecule has 8 heteroatoms. The van der Waals surface area contributed by atoms with Gasteiger partial charge in [-0.15, -0.1) is 0 Å². The minimum atomic E-state index is -0.0827. The van der Waals surface area contributed by atoms with Gasteiger partial charge in [-0.25, -0.2) is 9.97 Å². The number of rotatable bonds is 7. The van der Waals surface area contributed by atoms with Gasteiger partial charge in [-0.2, -0.15) is 0 Å². The van der Waals surface area contributed by atoms with Crippen molar-refractivity contribution in [2.75, 3.05) is 11.9 Å². The van der Waals surface area contributed by atoms with Crippen molar-refractivity contribution in [3.8, 4) is 22.6 Å². The summed E-state index contributed by atoms with van der Waals surface area (Å²) in [5.74, 6) is 1.98. The molecule has 3 N–H and O–H groups in total. The number of nitrogens with one attached hydrogen (secondary N) is 1. The van der Waals surface area contributed by atoms with E-state index in [-0.39, 0.29) is 6.04 Å². The first kappa shape index (κ1) is 21.7. The maximum atomic E-state index is 6.45. The van der Waals surface area contributed by atoms with Gasteiger partial charge in [-0.3, -0.25) is 9.97 Å². The number of anilines is 1. The van der Waals surface area contributed by atoms with Crippen LogP contribution in [0.1, 0.15) is 17.0 Å². The Morgan fingerprint density at radius 3 is 2.50 bits per heavy atom. The molecule has 5 aromatic rings. The predicted octanol–water partition coefficient (Wildman–Crippen LogP) is 4.34. The number of nitrogens with zero attached hydrogens (tertiary/aromatic N) is 5. The first-order valence-electron chi connectivity index (χ1n) is 11.1. The summed E-state index contributed by atoms with van der Waals surface area (Å²) in [5.41, 5.74) is 11.6. The third-order valence-electron chi connectivity index (χ3n) is 5.70. The van der Waals surface area contributed by atoms with Crippen LogP contribution in [0.15, 0.2) is 71.6 Å². The average Bonchev–Trinajstić information content (AvgIpc) is 3.20. The summed E-state index contributed by atoms with van der Waals surface area (Å²) in [5, 5.41) is 8.42.